The molecular weight excluding hydrogens is 322 g/mol. The van der Waals surface area contributed by atoms with Gasteiger partial charge >= 0.3 is 0 Å². The fourth-order valence-electron chi connectivity index (χ4n) is 5.94. The average molecular weight is 364 g/mol. The van der Waals surface area contributed by atoms with Crippen molar-refractivity contribution in [2.24, 2.45) is 17.3 Å². The molecule has 5 unspecified atom stereocenters. The molecule has 0 aliphatic carbocycles. The number of rotatable bonds is 1. The summed E-state index contributed by atoms with van der Waals surface area (Å²) in [6.45, 7) is 22.6. The Balaban J connectivity index is 1.42. The number of piperazine rings is 1. The molecule has 0 aromatic rings. The van der Waals surface area contributed by atoms with E-state index in [-0.39, 0.29) is 0 Å². The van der Waals surface area contributed by atoms with Crippen LogP contribution in [0.3, 0.4) is 0 Å². The van der Waals surface area contributed by atoms with Gasteiger partial charge in [0.05, 0.1) is 13.2 Å². The molecule has 0 radical (unpaired) electrons. The fraction of sp³-hybridized carbons (Fsp3) is 1.00. The Kier molecular flexibility index (Phi) is 4.95. The van der Waals surface area contributed by atoms with E-state index in [1.54, 1.807) is 0 Å². The Labute approximate surface area is 161 Å². The van der Waals surface area contributed by atoms with E-state index in [2.05, 4.69) is 56.2 Å². The van der Waals surface area contributed by atoms with Crippen LogP contribution in [0.25, 0.3) is 0 Å². The molecule has 0 saturated carbocycles. The normalized spacial score (nSPS) is 40.6. The third-order valence-electron chi connectivity index (χ3n) is 7.85. The molecule has 0 aromatic heterocycles. The van der Waals surface area contributed by atoms with E-state index in [0.29, 0.717) is 23.0 Å². The lowest BCUT2D eigenvalue weighted by atomic mass is 9.79. The Morgan fingerprint density at radius 3 is 2.27 bits per heavy atom. The minimum Gasteiger partial charge on any atom is -0.378 e. The van der Waals surface area contributed by atoms with Gasteiger partial charge in [-0.05, 0) is 50.9 Å². The first kappa shape index (κ1) is 19.2. The highest BCUT2D eigenvalue weighted by Crippen LogP contribution is 2.42. The van der Waals surface area contributed by atoms with E-state index in [4.69, 9.17) is 4.74 Å². The second-order valence-electron chi connectivity index (χ2n) is 11.5. The molecule has 0 spiro atoms. The predicted molar refractivity (Wildman–Crippen MR) is 107 cm³/mol. The smallest absolute Gasteiger partial charge is 0.0625 e. The summed E-state index contributed by atoms with van der Waals surface area (Å²) in [6.07, 6.45) is 2.70. The third-order valence-corrected chi connectivity index (χ3v) is 7.85. The first-order chi connectivity index (χ1) is 12.1. The Hall–Kier alpha value is -0.160. The monoisotopic (exact) mass is 363 g/mol. The molecular formula is C22H41N3O. The second kappa shape index (κ2) is 6.72. The van der Waals surface area contributed by atoms with Crippen LogP contribution in [-0.4, -0.2) is 84.3 Å². The van der Waals surface area contributed by atoms with Gasteiger partial charge in [-0.15, -0.1) is 0 Å². The van der Waals surface area contributed by atoms with Gasteiger partial charge in [-0.1, -0.05) is 20.8 Å². The molecule has 150 valence electrons. The summed E-state index contributed by atoms with van der Waals surface area (Å²) in [7, 11) is 0. The first-order valence-corrected chi connectivity index (χ1v) is 11.0. The molecule has 4 aliphatic heterocycles. The first-order valence-electron chi connectivity index (χ1n) is 11.0. The molecule has 26 heavy (non-hydrogen) atoms. The maximum absolute atomic E-state index is 6.13. The lowest BCUT2D eigenvalue weighted by molar-refractivity contribution is -0.0494. The summed E-state index contributed by atoms with van der Waals surface area (Å²) < 4.78 is 6.13. The van der Waals surface area contributed by atoms with Crippen molar-refractivity contribution in [2.75, 3.05) is 45.9 Å². The van der Waals surface area contributed by atoms with Crippen molar-refractivity contribution >= 4 is 0 Å². The van der Waals surface area contributed by atoms with Gasteiger partial charge in [-0.2, -0.15) is 0 Å². The molecule has 5 atom stereocenters. The highest BCUT2D eigenvalue weighted by molar-refractivity contribution is 5.02. The molecule has 4 rings (SSSR count). The maximum Gasteiger partial charge on any atom is 0.0625 e. The second-order valence-corrected chi connectivity index (χ2v) is 11.5. The van der Waals surface area contributed by atoms with Crippen molar-refractivity contribution in [1.29, 1.82) is 0 Å². The maximum atomic E-state index is 6.13. The Bertz CT molecular complexity index is 508. The van der Waals surface area contributed by atoms with Crippen molar-refractivity contribution in [3.05, 3.63) is 0 Å². The van der Waals surface area contributed by atoms with Crippen molar-refractivity contribution in [3.63, 3.8) is 0 Å². The summed E-state index contributed by atoms with van der Waals surface area (Å²) in [4.78, 5) is 8.35. The zero-order valence-electron chi connectivity index (χ0n) is 18.0. The predicted octanol–water partition coefficient (Wildman–Crippen LogP) is 2.93. The molecule has 4 saturated heterocycles. The van der Waals surface area contributed by atoms with Gasteiger partial charge in [0.25, 0.3) is 0 Å². The molecule has 4 nitrogen and oxygen atoms in total. The van der Waals surface area contributed by atoms with Crippen molar-refractivity contribution < 1.29 is 4.74 Å². The van der Waals surface area contributed by atoms with E-state index >= 15 is 0 Å². The van der Waals surface area contributed by atoms with Gasteiger partial charge in [0, 0.05) is 56.4 Å². The minimum atomic E-state index is 0.304. The van der Waals surface area contributed by atoms with E-state index in [1.807, 2.05) is 0 Å². The highest BCUT2D eigenvalue weighted by atomic mass is 16.5. The van der Waals surface area contributed by atoms with Crippen molar-refractivity contribution in [1.82, 2.24) is 14.7 Å². The summed E-state index contributed by atoms with van der Waals surface area (Å²) in [5, 5.41) is 0. The number of hydrogen-bond acceptors (Lipinski definition) is 4. The van der Waals surface area contributed by atoms with E-state index in [0.717, 1.165) is 31.1 Å². The van der Waals surface area contributed by atoms with Gasteiger partial charge in [0.15, 0.2) is 0 Å². The number of fused-ring (bicyclic) bond motifs is 2. The van der Waals surface area contributed by atoms with Gasteiger partial charge in [0.2, 0.25) is 0 Å². The number of nitrogens with zero attached hydrogens (tertiary/aromatic N) is 3. The van der Waals surface area contributed by atoms with Crippen LogP contribution >= 0.6 is 0 Å². The molecule has 0 aromatic carbocycles. The van der Waals surface area contributed by atoms with Crippen LogP contribution < -0.4 is 0 Å². The zero-order valence-corrected chi connectivity index (χ0v) is 18.0. The van der Waals surface area contributed by atoms with Crippen LogP contribution in [0.4, 0.5) is 0 Å². The van der Waals surface area contributed by atoms with Crippen LogP contribution in [0.15, 0.2) is 0 Å². The van der Waals surface area contributed by atoms with Crippen molar-refractivity contribution in [2.45, 2.75) is 78.0 Å². The van der Waals surface area contributed by atoms with Crippen LogP contribution in [0.1, 0.15) is 54.4 Å². The molecule has 0 amide bonds. The van der Waals surface area contributed by atoms with E-state index in [1.165, 1.54) is 45.6 Å². The van der Waals surface area contributed by atoms with Crippen LogP contribution in [0, 0.1) is 17.3 Å². The molecule has 4 aliphatic rings. The highest BCUT2D eigenvalue weighted by Gasteiger charge is 2.48. The zero-order chi connectivity index (χ0) is 18.7. The van der Waals surface area contributed by atoms with E-state index in [9.17, 15) is 0 Å². The SMILES string of the molecule is CC(C)(C)C1CC2COCC(C3CC4CN(C(C)(C)C)CCN4C3)N2C1. The molecule has 0 N–H and O–H groups in total. The average Bonchev–Trinajstić information content (AvgIpc) is 3.16. The fourth-order valence-corrected chi connectivity index (χ4v) is 5.94. The van der Waals surface area contributed by atoms with Gasteiger partial charge < -0.3 is 4.74 Å². The number of ether oxygens (including phenoxy) is 1. The summed E-state index contributed by atoms with van der Waals surface area (Å²) in [5.41, 5.74) is 0.723. The lowest BCUT2D eigenvalue weighted by Crippen LogP contribution is -2.56. The van der Waals surface area contributed by atoms with Crippen LogP contribution in [0.5, 0.6) is 0 Å². The Morgan fingerprint density at radius 2 is 1.58 bits per heavy atom. The van der Waals surface area contributed by atoms with Crippen LogP contribution in [0.2, 0.25) is 0 Å². The number of hydrogen-bond donors (Lipinski definition) is 0. The molecule has 0 bridgehead atoms. The largest absolute Gasteiger partial charge is 0.378 e. The topological polar surface area (TPSA) is 19.0 Å². The summed E-state index contributed by atoms with van der Waals surface area (Å²) in [5.74, 6) is 1.61. The van der Waals surface area contributed by atoms with Crippen LogP contribution in [-0.2, 0) is 4.74 Å². The quantitative estimate of drug-likeness (QED) is 0.713. The molecule has 4 fully saturated rings. The van der Waals surface area contributed by atoms with Gasteiger partial charge in [-0.25, -0.2) is 0 Å². The standard InChI is InChI=1S/C22H41N3O/c1-21(2,3)17-10-19-14-26-15-20(25(19)12-17)16-9-18-13-24(22(4,5)6)8-7-23(18)11-16/h16-20H,7-15H2,1-6H3. The van der Waals surface area contributed by atoms with Gasteiger partial charge in [0.1, 0.15) is 0 Å². The third kappa shape index (κ3) is 3.59. The van der Waals surface area contributed by atoms with Crippen molar-refractivity contribution in [3.8, 4) is 0 Å². The molecule has 4 heteroatoms. The minimum absolute atomic E-state index is 0.304. The van der Waals surface area contributed by atoms with Gasteiger partial charge in [-0.3, -0.25) is 14.7 Å². The number of morpholine rings is 1. The van der Waals surface area contributed by atoms with E-state index < -0.39 is 0 Å². The summed E-state index contributed by atoms with van der Waals surface area (Å²) >= 11 is 0. The lowest BCUT2D eigenvalue weighted by Gasteiger charge is -2.44. The summed E-state index contributed by atoms with van der Waals surface area (Å²) in [6, 6.07) is 2.07. The molecule has 4 heterocycles. The Morgan fingerprint density at radius 1 is 0.808 bits per heavy atom.